The maximum absolute atomic E-state index is 11.9. The van der Waals surface area contributed by atoms with Crippen LogP contribution in [0.1, 0.15) is 32.6 Å². The van der Waals surface area contributed by atoms with Gasteiger partial charge in [0.1, 0.15) is 12.1 Å². The number of hydroxylamine groups is 2. The van der Waals surface area contributed by atoms with Gasteiger partial charge in [0.05, 0.1) is 11.3 Å². The lowest BCUT2D eigenvalue weighted by Gasteiger charge is -2.44. The first-order valence-corrected chi connectivity index (χ1v) is 6.46. The van der Waals surface area contributed by atoms with Crippen molar-refractivity contribution in [2.24, 2.45) is 21.6 Å². The van der Waals surface area contributed by atoms with Gasteiger partial charge in [0.2, 0.25) is 0 Å². The lowest BCUT2D eigenvalue weighted by Crippen LogP contribution is -2.58. The van der Waals surface area contributed by atoms with E-state index in [1.54, 1.807) is 0 Å². The van der Waals surface area contributed by atoms with E-state index in [9.17, 15) is 10.4 Å². The summed E-state index contributed by atoms with van der Waals surface area (Å²) < 4.78 is 0. The van der Waals surface area contributed by atoms with Gasteiger partial charge in [-0.1, -0.05) is 16.6 Å². The Hall–Kier alpha value is -1.20. The van der Waals surface area contributed by atoms with Crippen LogP contribution >= 0.6 is 0 Å². The van der Waals surface area contributed by atoms with Crippen LogP contribution in [0.2, 0.25) is 0 Å². The highest BCUT2D eigenvalue weighted by Gasteiger charge is 2.70. The van der Waals surface area contributed by atoms with Gasteiger partial charge in [-0.3, -0.25) is 0 Å². The van der Waals surface area contributed by atoms with Crippen LogP contribution < -0.4 is 0 Å². The molecule has 0 bridgehead atoms. The fourth-order valence-corrected chi connectivity index (χ4v) is 4.75. The molecule has 4 aliphatic rings. The molecule has 0 saturated heterocycles. The van der Waals surface area contributed by atoms with E-state index in [2.05, 4.69) is 17.2 Å². The molecule has 3 unspecified atom stereocenters. The summed E-state index contributed by atoms with van der Waals surface area (Å²) in [6.45, 7) is 2.15. The molecule has 0 spiro atoms. The van der Waals surface area contributed by atoms with Crippen molar-refractivity contribution in [2.75, 3.05) is 0 Å². The zero-order valence-electron chi connectivity index (χ0n) is 9.82. The molecule has 0 aromatic carbocycles. The van der Waals surface area contributed by atoms with Gasteiger partial charge in [-0.15, -0.1) is 0 Å². The topological polar surface area (TPSA) is 76.9 Å². The minimum Gasteiger partial charge on any atom is -0.600 e. The fraction of sp³-hybridized carbons (Fsp3) is 1.00. The summed E-state index contributed by atoms with van der Waals surface area (Å²) in [6.07, 6.45) is 3.37. The van der Waals surface area contributed by atoms with Gasteiger partial charge in [-0.05, 0) is 23.1 Å². The van der Waals surface area contributed by atoms with Gasteiger partial charge in [0.25, 0.3) is 0 Å². The molecule has 2 aliphatic carbocycles. The smallest absolute Gasteiger partial charge is 0.198 e. The minimum absolute atomic E-state index is 0.00856. The first kappa shape index (κ1) is 9.79. The molecule has 2 heterocycles. The summed E-state index contributed by atoms with van der Waals surface area (Å²) in [4.78, 5) is 1.85. The third kappa shape index (κ3) is 0.940. The number of hydrogen-bond acceptors (Lipinski definition) is 4. The predicted molar refractivity (Wildman–Crippen MR) is 57.3 cm³/mol. The molecule has 6 heteroatoms. The highest BCUT2D eigenvalue weighted by molar-refractivity contribution is 5.12. The Morgan fingerprint density at radius 2 is 1.88 bits per heavy atom. The summed E-state index contributed by atoms with van der Waals surface area (Å²) in [6, 6.07) is 0.197. The van der Waals surface area contributed by atoms with Crippen molar-refractivity contribution in [2.45, 2.75) is 56.8 Å². The van der Waals surface area contributed by atoms with Crippen LogP contribution in [0, 0.1) is 21.7 Å². The summed E-state index contributed by atoms with van der Waals surface area (Å²) in [5, 5.41) is 32.2. The van der Waals surface area contributed by atoms with E-state index in [1.807, 2.05) is 0 Å². The van der Waals surface area contributed by atoms with E-state index in [0.717, 1.165) is 35.4 Å². The van der Waals surface area contributed by atoms with Crippen molar-refractivity contribution < 1.29 is 9.72 Å². The van der Waals surface area contributed by atoms with E-state index < -0.39 is 0 Å². The van der Waals surface area contributed by atoms with Crippen molar-refractivity contribution in [1.82, 2.24) is 0 Å². The quantitative estimate of drug-likeness (QED) is 0.473. The van der Waals surface area contributed by atoms with E-state index >= 15 is 0 Å². The van der Waals surface area contributed by atoms with Crippen LogP contribution in [0.3, 0.4) is 0 Å². The molecule has 2 aliphatic heterocycles. The van der Waals surface area contributed by atoms with Gasteiger partial charge in [0.15, 0.2) is 12.1 Å². The standard InChI is InChI=1S/C11H16N4O2/c1-11-8-4-3-7-10(11)6(12-14(7)16)2-5-9(11)15(17)13-8/h6-10H,2-5H2,1H3/t6-,7+,8?,9?,10?,11-/m0/s1. The zero-order chi connectivity index (χ0) is 11.8. The lowest BCUT2D eigenvalue weighted by molar-refractivity contribution is -0.576. The van der Waals surface area contributed by atoms with Crippen molar-refractivity contribution >= 4 is 0 Å². The second-order valence-corrected chi connectivity index (χ2v) is 6.05. The summed E-state index contributed by atoms with van der Waals surface area (Å²) in [5.74, 6) is 0.236. The number of hydrogen-bond donors (Lipinski definition) is 0. The Morgan fingerprint density at radius 3 is 2.71 bits per heavy atom. The average Bonchev–Trinajstić information content (AvgIpc) is 2.72. The Labute approximate surface area is 99.2 Å². The van der Waals surface area contributed by atoms with Gasteiger partial charge < -0.3 is 10.4 Å². The minimum atomic E-state index is -0.129. The normalized spacial score (nSPS) is 55.2. The van der Waals surface area contributed by atoms with Gasteiger partial charge in [-0.25, -0.2) is 0 Å². The Balaban J connectivity index is 1.84. The second-order valence-electron chi connectivity index (χ2n) is 6.05. The number of azo groups is 2. The molecular formula is C11H16N4O2. The van der Waals surface area contributed by atoms with E-state index in [-0.39, 0.29) is 35.5 Å². The number of rotatable bonds is 0. The molecule has 2 saturated carbocycles. The fourth-order valence-electron chi connectivity index (χ4n) is 4.75. The molecule has 92 valence electrons. The Morgan fingerprint density at radius 1 is 1.06 bits per heavy atom. The Bertz CT molecular complexity index is 449. The van der Waals surface area contributed by atoms with Crippen LogP contribution in [-0.2, 0) is 0 Å². The summed E-state index contributed by atoms with van der Waals surface area (Å²) in [7, 11) is 0. The molecule has 0 aromatic rings. The van der Waals surface area contributed by atoms with Crippen molar-refractivity contribution in [3.63, 3.8) is 0 Å². The maximum Gasteiger partial charge on any atom is 0.198 e. The van der Waals surface area contributed by atoms with Crippen LogP contribution in [0.15, 0.2) is 10.2 Å². The van der Waals surface area contributed by atoms with Crippen molar-refractivity contribution in [3.8, 4) is 0 Å². The summed E-state index contributed by atoms with van der Waals surface area (Å²) in [5.41, 5.74) is -0.129. The highest BCUT2D eigenvalue weighted by atomic mass is 16.5. The molecule has 17 heavy (non-hydrogen) atoms. The van der Waals surface area contributed by atoms with Crippen molar-refractivity contribution in [1.29, 1.82) is 0 Å². The molecule has 0 amide bonds. The third-order valence-electron chi connectivity index (χ3n) is 5.52. The lowest BCUT2D eigenvalue weighted by atomic mass is 9.54. The first-order valence-electron chi connectivity index (χ1n) is 6.46. The zero-order valence-corrected chi connectivity index (χ0v) is 9.82. The molecule has 4 rings (SSSR count). The third-order valence-corrected chi connectivity index (χ3v) is 5.52. The average molecular weight is 236 g/mol. The Kier molecular flexibility index (Phi) is 1.61. The molecule has 6 nitrogen and oxygen atoms in total. The molecular weight excluding hydrogens is 220 g/mol. The van der Waals surface area contributed by atoms with Crippen LogP contribution in [0.4, 0.5) is 0 Å². The van der Waals surface area contributed by atoms with Gasteiger partial charge >= 0.3 is 0 Å². The predicted octanol–water partition coefficient (Wildman–Crippen LogP) is 1.62. The van der Waals surface area contributed by atoms with E-state index in [4.69, 9.17) is 0 Å². The van der Waals surface area contributed by atoms with Crippen LogP contribution in [0.25, 0.3) is 0 Å². The monoisotopic (exact) mass is 236 g/mol. The van der Waals surface area contributed by atoms with E-state index in [1.165, 1.54) is 0 Å². The molecule has 2 fully saturated rings. The largest absolute Gasteiger partial charge is 0.600 e. The summed E-state index contributed by atoms with van der Waals surface area (Å²) >= 11 is 0. The van der Waals surface area contributed by atoms with Crippen LogP contribution in [-0.4, -0.2) is 33.9 Å². The SMILES string of the molecule is C[C@@]12C3CC[C@@H]4C1[C@H](CCC2[N+]([O-])=N3)N=[N+]4[O-]. The molecule has 0 N–H and O–H groups in total. The highest BCUT2D eigenvalue weighted by Crippen LogP contribution is 2.58. The van der Waals surface area contributed by atoms with E-state index in [0.29, 0.717) is 0 Å². The van der Waals surface area contributed by atoms with Gasteiger partial charge in [-0.2, -0.15) is 0 Å². The number of nitrogens with zero attached hydrogens (tertiary/aromatic N) is 4. The molecule has 6 atom stereocenters. The van der Waals surface area contributed by atoms with Crippen LogP contribution in [0.5, 0.6) is 0 Å². The second kappa shape index (κ2) is 2.79. The molecule has 0 radical (unpaired) electrons. The van der Waals surface area contributed by atoms with Crippen molar-refractivity contribution in [3.05, 3.63) is 10.4 Å². The molecule has 0 aromatic heterocycles. The van der Waals surface area contributed by atoms with Gasteiger partial charge in [0, 0.05) is 12.8 Å². The first-order chi connectivity index (χ1) is 8.12. The maximum atomic E-state index is 11.9.